The summed E-state index contributed by atoms with van der Waals surface area (Å²) < 4.78 is 0. The maximum atomic E-state index is 11.7. The molecule has 0 saturated heterocycles. The predicted molar refractivity (Wildman–Crippen MR) is 73.0 cm³/mol. The van der Waals surface area contributed by atoms with Crippen LogP contribution in [0.25, 0.3) is 0 Å². The topological polar surface area (TPSA) is 29.1 Å². The van der Waals surface area contributed by atoms with Crippen LogP contribution in [-0.4, -0.2) is 18.3 Å². The van der Waals surface area contributed by atoms with E-state index in [1.54, 1.807) is 24.3 Å². The molecule has 2 nitrogen and oxygen atoms in total. The average molecular weight is 274 g/mol. The Labute approximate surface area is 112 Å². The van der Waals surface area contributed by atoms with Gasteiger partial charge in [-0.1, -0.05) is 24.4 Å². The molecule has 1 amide bonds. The van der Waals surface area contributed by atoms with Crippen LogP contribution in [0, 0.1) is 0 Å². The Kier molecular flexibility index (Phi) is 7.06. The second-order valence-corrected chi connectivity index (χ2v) is 4.68. The monoisotopic (exact) mass is 273 g/mol. The molecule has 0 fully saturated rings. The lowest BCUT2D eigenvalue weighted by Crippen LogP contribution is -2.24. The molecular weight excluding hydrogens is 257 g/mol. The number of hydrogen-bond donors (Lipinski definition) is 1. The number of rotatable bonds is 7. The molecule has 0 bridgehead atoms. The van der Waals surface area contributed by atoms with Gasteiger partial charge in [-0.3, -0.25) is 4.79 Å². The number of hydrogen-bond acceptors (Lipinski definition) is 1. The molecule has 1 N–H and O–H groups in total. The number of carbonyl (C=O) groups excluding carboxylic acids is 1. The first-order chi connectivity index (χ1) is 8.24. The maximum absolute atomic E-state index is 11.7. The van der Waals surface area contributed by atoms with Crippen molar-refractivity contribution in [2.45, 2.75) is 25.7 Å². The number of alkyl halides is 1. The van der Waals surface area contributed by atoms with Gasteiger partial charge in [-0.25, -0.2) is 0 Å². The van der Waals surface area contributed by atoms with Crippen LogP contribution in [0.3, 0.4) is 0 Å². The highest BCUT2D eigenvalue weighted by Crippen LogP contribution is 2.09. The Hall–Kier alpha value is -0.730. The molecule has 0 atom stereocenters. The van der Waals surface area contributed by atoms with Crippen LogP contribution in [0.15, 0.2) is 24.3 Å². The Bertz CT molecular complexity index is 338. The smallest absolute Gasteiger partial charge is 0.251 e. The Morgan fingerprint density at radius 1 is 1.06 bits per heavy atom. The van der Waals surface area contributed by atoms with Crippen LogP contribution < -0.4 is 5.32 Å². The van der Waals surface area contributed by atoms with E-state index in [1.807, 2.05) is 0 Å². The van der Waals surface area contributed by atoms with Crippen LogP contribution in [0.1, 0.15) is 36.0 Å². The summed E-state index contributed by atoms with van der Waals surface area (Å²) in [5, 5.41) is 3.52. The highest BCUT2D eigenvalue weighted by molar-refractivity contribution is 6.30. The fourth-order valence-corrected chi connectivity index (χ4v) is 1.79. The lowest BCUT2D eigenvalue weighted by atomic mass is 10.2. The first-order valence-corrected chi connectivity index (χ1v) is 6.75. The number of amides is 1. The second-order valence-electron chi connectivity index (χ2n) is 3.87. The minimum atomic E-state index is -0.0426. The standard InChI is InChI=1S/C13H17Cl2NO/c14-9-3-1-2-4-10-16-13(17)11-5-7-12(15)8-6-11/h5-8H,1-4,9-10H2,(H,16,17). The van der Waals surface area contributed by atoms with E-state index in [9.17, 15) is 4.79 Å². The molecule has 17 heavy (non-hydrogen) atoms. The molecule has 1 aromatic carbocycles. The summed E-state index contributed by atoms with van der Waals surface area (Å²) in [7, 11) is 0. The lowest BCUT2D eigenvalue weighted by molar-refractivity contribution is 0.0953. The third-order valence-electron chi connectivity index (χ3n) is 2.45. The van der Waals surface area contributed by atoms with Crippen molar-refractivity contribution in [1.29, 1.82) is 0 Å². The van der Waals surface area contributed by atoms with Crippen molar-refractivity contribution in [1.82, 2.24) is 5.32 Å². The zero-order chi connectivity index (χ0) is 12.5. The van der Waals surface area contributed by atoms with Gasteiger partial charge in [0.1, 0.15) is 0 Å². The Morgan fingerprint density at radius 3 is 2.35 bits per heavy atom. The third-order valence-corrected chi connectivity index (χ3v) is 2.97. The SMILES string of the molecule is O=C(NCCCCCCCl)c1ccc(Cl)cc1. The third kappa shape index (κ3) is 5.94. The Morgan fingerprint density at radius 2 is 1.71 bits per heavy atom. The Balaban J connectivity index is 2.19. The molecule has 94 valence electrons. The van der Waals surface area contributed by atoms with Gasteiger partial charge in [0.2, 0.25) is 0 Å². The van der Waals surface area contributed by atoms with Gasteiger partial charge >= 0.3 is 0 Å². The average Bonchev–Trinajstić information content (AvgIpc) is 2.34. The zero-order valence-corrected chi connectivity index (χ0v) is 11.2. The molecule has 0 unspecified atom stereocenters. The van der Waals surface area contributed by atoms with Crippen molar-refractivity contribution in [3.05, 3.63) is 34.9 Å². The fourth-order valence-electron chi connectivity index (χ4n) is 1.48. The number of benzene rings is 1. The summed E-state index contributed by atoms with van der Waals surface area (Å²) >= 11 is 11.3. The second kappa shape index (κ2) is 8.37. The van der Waals surface area contributed by atoms with E-state index >= 15 is 0 Å². The van der Waals surface area contributed by atoms with Crippen molar-refractivity contribution < 1.29 is 4.79 Å². The van der Waals surface area contributed by atoms with E-state index in [0.717, 1.165) is 31.6 Å². The van der Waals surface area contributed by atoms with Crippen LogP contribution in [0.4, 0.5) is 0 Å². The molecule has 0 aliphatic heterocycles. The maximum Gasteiger partial charge on any atom is 0.251 e. The van der Waals surface area contributed by atoms with Gasteiger partial charge in [-0.15, -0.1) is 11.6 Å². The van der Waals surface area contributed by atoms with E-state index in [1.165, 1.54) is 0 Å². The van der Waals surface area contributed by atoms with Gasteiger partial charge < -0.3 is 5.32 Å². The van der Waals surface area contributed by atoms with Crippen LogP contribution in [0.2, 0.25) is 5.02 Å². The van der Waals surface area contributed by atoms with Gasteiger partial charge in [-0.2, -0.15) is 0 Å². The molecule has 0 radical (unpaired) electrons. The van der Waals surface area contributed by atoms with Gasteiger partial charge in [0.15, 0.2) is 0 Å². The minimum Gasteiger partial charge on any atom is -0.352 e. The summed E-state index contributed by atoms with van der Waals surface area (Å²) in [6, 6.07) is 6.89. The minimum absolute atomic E-state index is 0.0426. The highest BCUT2D eigenvalue weighted by Gasteiger charge is 2.03. The highest BCUT2D eigenvalue weighted by atomic mass is 35.5. The predicted octanol–water partition coefficient (Wildman–Crippen LogP) is 3.87. The van der Waals surface area contributed by atoms with Crippen molar-refractivity contribution in [3.8, 4) is 0 Å². The fraction of sp³-hybridized carbons (Fsp3) is 0.462. The van der Waals surface area contributed by atoms with Gasteiger partial charge in [0, 0.05) is 23.0 Å². The summed E-state index contributed by atoms with van der Waals surface area (Å²) in [6.07, 6.45) is 4.27. The van der Waals surface area contributed by atoms with Gasteiger partial charge in [-0.05, 0) is 37.1 Å². The summed E-state index contributed by atoms with van der Waals surface area (Å²) in [5.74, 6) is 0.677. The molecular formula is C13H17Cl2NO. The molecule has 0 spiro atoms. The normalized spacial score (nSPS) is 10.2. The molecule has 1 rings (SSSR count). The van der Waals surface area contributed by atoms with Crippen molar-refractivity contribution >= 4 is 29.1 Å². The summed E-state index contributed by atoms with van der Waals surface area (Å²) in [5.41, 5.74) is 0.648. The summed E-state index contributed by atoms with van der Waals surface area (Å²) in [6.45, 7) is 0.712. The van der Waals surface area contributed by atoms with Crippen LogP contribution in [-0.2, 0) is 0 Å². The van der Waals surface area contributed by atoms with Crippen molar-refractivity contribution in [2.75, 3.05) is 12.4 Å². The molecule has 0 heterocycles. The molecule has 4 heteroatoms. The molecule has 0 aliphatic carbocycles. The van der Waals surface area contributed by atoms with Crippen molar-refractivity contribution in [3.63, 3.8) is 0 Å². The van der Waals surface area contributed by atoms with E-state index in [0.29, 0.717) is 17.1 Å². The number of nitrogens with one attached hydrogen (secondary N) is 1. The molecule has 0 aromatic heterocycles. The molecule has 0 aliphatic rings. The van der Waals surface area contributed by atoms with Crippen molar-refractivity contribution in [2.24, 2.45) is 0 Å². The van der Waals surface area contributed by atoms with Crippen LogP contribution in [0.5, 0.6) is 0 Å². The van der Waals surface area contributed by atoms with E-state index in [2.05, 4.69) is 5.32 Å². The number of halogens is 2. The van der Waals surface area contributed by atoms with Crippen LogP contribution >= 0.6 is 23.2 Å². The van der Waals surface area contributed by atoms with E-state index in [4.69, 9.17) is 23.2 Å². The molecule has 1 aromatic rings. The largest absolute Gasteiger partial charge is 0.352 e. The summed E-state index contributed by atoms with van der Waals surface area (Å²) in [4.78, 5) is 11.7. The first kappa shape index (κ1) is 14.3. The quantitative estimate of drug-likeness (QED) is 0.593. The zero-order valence-electron chi connectivity index (χ0n) is 9.72. The van der Waals surface area contributed by atoms with E-state index < -0.39 is 0 Å². The first-order valence-electron chi connectivity index (χ1n) is 5.84. The molecule has 0 saturated carbocycles. The lowest BCUT2D eigenvalue weighted by Gasteiger charge is -2.05. The number of carbonyl (C=O) groups is 1. The van der Waals surface area contributed by atoms with E-state index in [-0.39, 0.29) is 5.91 Å². The number of unbranched alkanes of at least 4 members (excludes halogenated alkanes) is 3. The van der Waals surface area contributed by atoms with Gasteiger partial charge in [0.25, 0.3) is 5.91 Å². The van der Waals surface area contributed by atoms with Gasteiger partial charge in [0.05, 0.1) is 0 Å².